The highest BCUT2D eigenvalue weighted by Crippen LogP contribution is 2.47. The Kier molecular flexibility index (Phi) is 2.07. The maximum Gasteiger partial charge on any atom is 0.249 e. The van der Waals surface area contributed by atoms with Crippen LogP contribution in [0.2, 0.25) is 0 Å². The molecule has 142 valence electrons. The largest absolute Gasteiger partial charge is 0.309 e. The van der Waals surface area contributed by atoms with Crippen LogP contribution < -0.4 is 16.4 Å². The third-order valence-electron chi connectivity index (χ3n) is 8.45. The fraction of sp³-hybridized carbons (Fsp3) is 0. The van der Waals surface area contributed by atoms with E-state index in [0.29, 0.717) is 6.71 Å². The first-order chi connectivity index (χ1) is 15.9. The highest BCUT2D eigenvalue weighted by atomic mass is 14.9. The first-order valence-corrected chi connectivity index (χ1v) is 11.4. The molecular formula is C30H14BN. The zero-order chi connectivity index (χ0) is 20.3. The van der Waals surface area contributed by atoms with Crippen LogP contribution in [0.15, 0.2) is 84.9 Å². The Morgan fingerprint density at radius 3 is 1.66 bits per heavy atom. The van der Waals surface area contributed by atoms with Crippen molar-refractivity contribution in [2.45, 2.75) is 0 Å². The smallest absolute Gasteiger partial charge is 0.249 e. The summed E-state index contributed by atoms with van der Waals surface area (Å²) in [6.07, 6.45) is 0. The van der Waals surface area contributed by atoms with Gasteiger partial charge in [0.25, 0.3) is 0 Å². The lowest BCUT2D eigenvalue weighted by atomic mass is 9.40. The van der Waals surface area contributed by atoms with Crippen LogP contribution in [0.25, 0.3) is 71.5 Å². The molecule has 0 N–H and O–H groups in total. The summed E-state index contributed by atoms with van der Waals surface area (Å²) >= 11 is 0. The number of benzene rings is 5. The lowest BCUT2D eigenvalue weighted by Crippen LogP contribution is -2.48. The Balaban J connectivity index is 1.55. The average molecular weight is 399 g/mol. The van der Waals surface area contributed by atoms with E-state index in [0.717, 1.165) is 0 Å². The molecule has 3 aliphatic heterocycles. The van der Waals surface area contributed by atoms with E-state index in [1.54, 1.807) is 16.4 Å². The van der Waals surface area contributed by atoms with E-state index in [9.17, 15) is 0 Å². The lowest BCUT2D eigenvalue weighted by Gasteiger charge is -2.18. The molecule has 0 fully saturated rings. The maximum atomic E-state index is 2.62. The molecule has 5 heterocycles. The number of hydrogen-bond acceptors (Lipinski definition) is 0. The topological polar surface area (TPSA) is 4.41 Å². The quantitative estimate of drug-likeness (QED) is 0.330. The molecular weight excluding hydrogens is 385 g/mol. The van der Waals surface area contributed by atoms with Gasteiger partial charge in [0.2, 0.25) is 6.71 Å². The molecule has 0 bridgehead atoms. The van der Waals surface area contributed by atoms with Gasteiger partial charge in [0, 0.05) is 21.5 Å². The average Bonchev–Trinajstić information content (AvgIpc) is 3.56. The molecule has 0 aliphatic carbocycles. The van der Waals surface area contributed by atoms with Crippen molar-refractivity contribution < 1.29 is 0 Å². The van der Waals surface area contributed by atoms with Gasteiger partial charge in [-0.3, -0.25) is 0 Å². The Hall–Kier alpha value is -4.04. The van der Waals surface area contributed by atoms with Gasteiger partial charge in [-0.1, -0.05) is 78.3 Å². The first-order valence-electron chi connectivity index (χ1n) is 11.4. The maximum absolute atomic E-state index is 2.62. The van der Waals surface area contributed by atoms with E-state index in [2.05, 4.69) is 89.3 Å². The van der Waals surface area contributed by atoms with E-state index in [1.807, 2.05) is 0 Å². The van der Waals surface area contributed by atoms with E-state index in [4.69, 9.17) is 0 Å². The van der Waals surface area contributed by atoms with Gasteiger partial charge in [-0.05, 0) is 56.4 Å². The summed E-state index contributed by atoms with van der Waals surface area (Å²) in [6, 6.07) is 32.1. The van der Waals surface area contributed by atoms with Crippen molar-refractivity contribution in [2.24, 2.45) is 0 Å². The molecule has 1 nitrogen and oxygen atoms in total. The molecule has 2 heteroatoms. The van der Waals surface area contributed by atoms with Gasteiger partial charge < -0.3 is 4.40 Å². The second-order valence-electron chi connectivity index (χ2n) is 9.67. The molecule has 5 aromatic carbocycles. The predicted octanol–water partition coefficient (Wildman–Crippen LogP) is 5.29. The fourth-order valence-electron chi connectivity index (χ4n) is 7.38. The zero-order valence-electron chi connectivity index (χ0n) is 17.1. The molecule has 0 saturated carbocycles. The molecule has 32 heavy (non-hydrogen) atoms. The minimum absolute atomic E-state index is 0.407. The summed E-state index contributed by atoms with van der Waals surface area (Å²) in [6.45, 7) is 0.407. The van der Waals surface area contributed by atoms with Crippen molar-refractivity contribution in [2.75, 3.05) is 0 Å². The van der Waals surface area contributed by atoms with Crippen LogP contribution in [0.1, 0.15) is 0 Å². The van der Waals surface area contributed by atoms with Gasteiger partial charge in [0.05, 0.1) is 16.6 Å². The van der Waals surface area contributed by atoms with E-state index in [1.165, 1.54) is 71.5 Å². The van der Waals surface area contributed by atoms with E-state index in [-0.39, 0.29) is 0 Å². The van der Waals surface area contributed by atoms with Crippen molar-refractivity contribution >= 4 is 61.2 Å². The van der Waals surface area contributed by atoms with Crippen LogP contribution in [0, 0.1) is 0 Å². The van der Waals surface area contributed by atoms with Crippen molar-refractivity contribution in [3.05, 3.63) is 84.9 Å². The Morgan fingerprint density at radius 2 is 1.03 bits per heavy atom. The van der Waals surface area contributed by atoms with Crippen molar-refractivity contribution in [3.8, 4) is 33.4 Å². The fourth-order valence-corrected chi connectivity index (χ4v) is 7.38. The highest BCUT2D eigenvalue weighted by molar-refractivity contribution is 7.05. The monoisotopic (exact) mass is 399 g/mol. The van der Waals surface area contributed by atoms with Gasteiger partial charge in [0.15, 0.2) is 0 Å². The van der Waals surface area contributed by atoms with Crippen LogP contribution in [-0.4, -0.2) is 11.1 Å². The summed E-state index contributed by atoms with van der Waals surface area (Å²) < 4.78 is 2.62. The first kappa shape index (κ1) is 14.9. The SMILES string of the molecule is c1ccc(-c2cc3c4ccc5c6c4n4c7c8c(ccc7c(c2)c34)-c2cccc-5c2B68)cc1. The van der Waals surface area contributed by atoms with Gasteiger partial charge in [0.1, 0.15) is 0 Å². The predicted molar refractivity (Wildman–Crippen MR) is 136 cm³/mol. The number of rotatable bonds is 1. The number of hydrogen-bond donors (Lipinski definition) is 0. The molecule has 0 amide bonds. The molecule has 2 aromatic heterocycles. The Morgan fingerprint density at radius 1 is 0.438 bits per heavy atom. The summed E-state index contributed by atoms with van der Waals surface area (Å²) in [5.74, 6) is 0. The molecule has 3 aliphatic rings. The van der Waals surface area contributed by atoms with Gasteiger partial charge in [-0.15, -0.1) is 0 Å². The normalized spacial score (nSPS) is 14.2. The zero-order valence-corrected chi connectivity index (χ0v) is 17.1. The van der Waals surface area contributed by atoms with Gasteiger partial charge in [-0.25, -0.2) is 0 Å². The molecule has 0 unspecified atom stereocenters. The number of aromatic nitrogens is 1. The molecule has 0 radical (unpaired) electrons. The van der Waals surface area contributed by atoms with Crippen molar-refractivity contribution in [1.82, 2.24) is 4.40 Å². The third-order valence-corrected chi connectivity index (χ3v) is 8.45. The van der Waals surface area contributed by atoms with Gasteiger partial charge in [-0.2, -0.15) is 0 Å². The van der Waals surface area contributed by atoms with E-state index < -0.39 is 0 Å². The van der Waals surface area contributed by atoms with Crippen LogP contribution in [-0.2, 0) is 0 Å². The van der Waals surface area contributed by atoms with Crippen molar-refractivity contribution in [3.63, 3.8) is 0 Å². The van der Waals surface area contributed by atoms with Crippen LogP contribution in [0.5, 0.6) is 0 Å². The van der Waals surface area contributed by atoms with E-state index >= 15 is 0 Å². The molecule has 10 rings (SSSR count). The molecule has 0 saturated heterocycles. The second kappa shape index (κ2) is 4.44. The minimum atomic E-state index is 0.407. The molecule has 0 spiro atoms. The summed E-state index contributed by atoms with van der Waals surface area (Å²) in [5.41, 5.74) is 17.3. The van der Waals surface area contributed by atoms with Crippen LogP contribution in [0.3, 0.4) is 0 Å². The van der Waals surface area contributed by atoms with Crippen molar-refractivity contribution in [1.29, 1.82) is 0 Å². The minimum Gasteiger partial charge on any atom is -0.309 e. The van der Waals surface area contributed by atoms with Crippen LogP contribution >= 0.6 is 0 Å². The summed E-state index contributed by atoms with van der Waals surface area (Å²) in [4.78, 5) is 0. The number of nitrogens with zero attached hydrogens (tertiary/aromatic N) is 1. The third kappa shape index (κ3) is 1.29. The molecule has 0 atom stereocenters. The standard InChI is InChI=1S/C30H14BN/c1-2-5-15(6-3-1)16-13-23-21-11-9-19-17-7-4-8-18-20-10-12-22-24(14-16)28(23)32-29(21)26(19)31(25(17)18)27(20)30(22)32/h1-14H. The Labute approximate surface area is 183 Å². The summed E-state index contributed by atoms with van der Waals surface area (Å²) in [5, 5.41) is 5.59. The van der Waals surface area contributed by atoms with Crippen LogP contribution in [0.4, 0.5) is 0 Å². The lowest BCUT2D eigenvalue weighted by molar-refractivity contribution is 1.38. The van der Waals surface area contributed by atoms with Gasteiger partial charge >= 0.3 is 0 Å². The highest BCUT2D eigenvalue weighted by Gasteiger charge is 2.47. The number of fused-ring (bicyclic) bond motifs is 4. The Bertz CT molecular complexity index is 1910. The summed E-state index contributed by atoms with van der Waals surface area (Å²) in [7, 11) is 0. The molecule has 7 aromatic rings. The second-order valence-corrected chi connectivity index (χ2v) is 9.67.